The molecule has 0 fully saturated rings. The summed E-state index contributed by atoms with van der Waals surface area (Å²) in [7, 11) is 0. The number of aromatic nitrogens is 1. The molecule has 4 nitrogen and oxygen atoms in total. The van der Waals surface area contributed by atoms with Gasteiger partial charge in [-0.3, -0.25) is 0 Å². The predicted octanol–water partition coefficient (Wildman–Crippen LogP) is 3.60. The lowest BCUT2D eigenvalue weighted by atomic mass is 10.1. The molecule has 1 aromatic heterocycles. The Kier molecular flexibility index (Phi) is 4.17. The molecule has 0 spiro atoms. The van der Waals surface area contributed by atoms with Gasteiger partial charge in [-0.25, -0.2) is 4.98 Å². The van der Waals surface area contributed by atoms with Crippen LogP contribution < -0.4 is 10.1 Å². The molecule has 0 radical (unpaired) electrons. The molecule has 0 unspecified atom stereocenters. The summed E-state index contributed by atoms with van der Waals surface area (Å²) in [5.74, 6) is 1.59. The van der Waals surface area contributed by atoms with Crippen molar-refractivity contribution < 1.29 is 4.74 Å². The first-order valence-electron chi connectivity index (χ1n) is 7.07. The van der Waals surface area contributed by atoms with Crippen molar-refractivity contribution in [2.45, 2.75) is 0 Å². The number of ether oxygens (including phenoxy) is 1. The number of nitrogens with one attached hydrogen (secondary N) is 1. The highest BCUT2D eigenvalue weighted by Gasteiger charge is 1.98. The normalized spacial score (nSPS) is 10.1. The van der Waals surface area contributed by atoms with Gasteiger partial charge in [0.25, 0.3) is 0 Å². The molecule has 0 amide bonds. The lowest BCUT2D eigenvalue weighted by Gasteiger charge is -2.09. The predicted molar refractivity (Wildman–Crippen MR) is 86.9 cm³/mol. The van der Waals surface area contributed by atoms with E-state index in [9.17, 15) is 0 Å². The van der Waals surface area contributed by atoms with Crippen LogP contribution in [0.1, 0.15) is 5.56 Å². The van der Waals surface area contributed by atoms with E-state index in [0.717, 1.165) is 11.6 Å². The Labute approximate surface area is 129 Å². The van der Waals surface area contributed by atoms with Crippen LogP contribution in [-0.4, -0.2) is 18.1 Å². The molecule has 0 atom stereocenters. The molecule has 0 aliphatic carbocycles. The fraction of sp³-hybridized carbons (Fsp3) is 0.111. The van der Waals surface area contributed by atoms with E-state index < -0.39 is 0 Å². The van der Waals surface area contributed by atoms with E-state index in [-0.39, 0.29) is 0 Å². The van der Waals surface area contributed by atoms with E-state index in [2.05, 4.69) is 28.5 Å². The summed E-state index contributed by atoms with van der Waals surface area (Å²) >= 11 is 0. The van der Waals surface area contributed by atoms with Crippen molar-refractivity contribution in [3.8, 4) is 11.8 Å². The molecular weight excluding hydrogens is 274 g/mol. The number of anilines is 1. The minimum Gasteiger partial charge on any atom is -0.492 e. The van der Waals surface area contributed by atoms with Crippen LogP contribution >= 0.6 is 0 Å². The van der Waals surface area contributed by atoms with Crippen molar-refractivity contribution in [3.05, 3.63) is 66.4 Å². The quantitative estimate of drug-likeness (QED) is 0.729. The third kappa shape index (κ3) is 3.33. The van der Waals surface area contributed by atoms with E-state index >= 15 is 0 Å². The van der Waals surface area contributed by atoms with Gasteiger partial charge in [0, 0.05) is 6.20 Å². The molecule has 108 valence electrons. The Morgan fingerprint density at radius 1 is 1.05 bits per heavy atom. The molecule has 0 saturated carbocycles. The van der Waals surface area contributed by atoms with E-state index in [1.807, 2.05) is 30.3 Å². The summed E-state index contributed by atoms with van der Waals surface area (Å²) in [5, 5.41) is 14.2. The topological polar surface area (TPSA) is 57.9 Å². The van der Waals surface area contributed by atoms with Crippen molar-refractivity contribution in [1.29, 1.82) is 5.26 Å². The zero-order chi connectivity index (χ0) is 15.2. The van der Waals surface area contributed by atoms with Gasteiger partial charge in [0.1, 0.15) is 24.2 Å². The highest BCUT2D eigenvalue weighted by Crippen LogP contribution is 2.20. The van der Waals surface area contributed by atoms with Crippen LogP contribution in [0.25, 0.3) is 10.8 Å². The Morgan fingerprint density at radius 3 is 2.68 bits per heavy atom. The lowest BCUT2D eigenvalue weighted by Crippen LogP contribution is -2.12. The van der Waals surface area contributed by atoms with Crippen LogP contribution in [0, 0.1) is 11.3 Å². The van der Waals surface area contributed by atoms with Gasteiger partial charge in [0.2, 0.25) is 0 Å². The first-order chi connectivity index (χ1) is 10.8. The van der Waals surface area contributed by atoms with Gasteiger partial charge in [0.15, 0.2) is 0 Å². The standard InChI is InChI=1S/C18H15N3O/c19-12-14-5-8-18(21-13-14)20-9-10-22-17-7-6-15-3-1-2-4-16(15)11-17/h1-8,11,13H,9-10H2,(H,20,21). The minimum absolute atomic E-state index is 0.542. The second-order valence-corrected chi connectivity index (χ2v) is 4.83. The van der Waals surface area contributed by atoms with E-state index in [1.54, 1.807) is 18.3 Å². The first-order valence-corrected chi connectivity index (χ1v) is 7.07. The summed E-state index contributed by atoms with van der Waals surface area (Å²) < 4.78 is 5.74. The maximum atomic E-state index is 8.71. The Balaban J connectivity index is 1.52. The highest BCUT2D eigenvalue weighted by molar-refractivity contribution is 5.83. The van der Waals surface area contributed by atoms with Crippen LogP contribution in [0.5, 0.6) is 5.75 Å². The summed E-state index contributed by atoms with van der Waals surface area (Å²) in [6, 6.07) is 19.8. The number of nitrogens with zero attached hydrogens (tertiary/aromatic N) is 2. The average molecular weight is 289 g/mol. The van der Waals surface area contributed by atoms with E-state index in [1.165, 1.54) is 10.8 Å². The number of nitriles is 1. The van der Waals surface area contributed by atoms with E-state index in [4.69, 9.17) is 10.00 Å². The SMILES string of the molecule is N#Cc1ccc(NCCOc2ccc3ccccc3c2)nc1. The third-order valence-corrected chi connectivity index (χ3v) is 3.29. The fourth-order valence-corrected chi connectivity index (χ4v) is 2.17. The molecule has 0 bridgehead atoms. The average Bonchev–Trinajstić information content (AvgIpc) is 2.59. The van der Waals surface area contributed by atoms with Crippen molar-refractivity contribution in [3.63, 3.8) is 0 Å². The number of benzene rings is 2. The van der Waals surface area contributed by atoms with Crippen LogP contribution in [0.15, 0.2) is 60.8 Å². The van der Waals surface area contributed by atoms with Gasteiger partial charge in [0.05, 0.1) is 12.1 Å². The molecule has 4 heteroatoms. The Morgan fingerprint density at radius 2 is 1.91 bits per heavy atom. The Hall–Kier alpha value is -3.06. The first kappa shape index (κ1) is 13.9. The summed E-state index contributed by atoms with van der Waals surface area (Å²) in [6.07, 6.45) is 1.55. The molecule has 0 saturated heterocycles. The van der Waals surface area contributed by atoms with Crippen molar-refractivity contribution in [2.24, 2.45) is 0 Å². The maximum Gasteiger partial charge on any atom is 0.126 e. The second kappa shape index (κ2) is 6.59. The van der Waals surface area contributed by atoms with Gasteiger partial charge in [-0.05, 0) is 35.0 Å². The summed E-state index contributed by atoms with van der Waals surface area (Å²) in [6.45, 7) is 1.19. The second-order valence-electron chi connectivity index (χ2n) is 4.83. The maximum absolute atomic E-state index is 8.71. The van der Waals surface area contributed by atoms with Gasteiger partial charge in [-0.15, -0.1) is 0 Å². The number of hydrogen-bond donors (Lipinski definition) is 1. The van der Waals surface area contributed by atoms with Crippen LogP contribution in [0.2, 0.25) is 0 Å². The smallest absolute Gasteiger partial charge is 0.126 e. The summed E-state index contributed by atoms with van der Waals surface area (Å²) in [4.78, 5) is 4.15. The van der Waals surface area contributed by atoms with Crippen LogP contribution in [-0.2, 0) is 0 Å². The van der Waals surface area contributed by atoms with Crippen LogP contribution in [0.4, 0.5) is 5.82 Å². The molecule has 3 rings (SSSR count). The van der Waals surface area contributed by atoms with Crippen LogP contribution in [0.3, 0.4) is 0 Å². The minimum atomic E-state index is 0.542. The molecule has 0 aliphatic rings. The van der Waals surface area contributed by atoms with Gasteiger partial charge in [-0.1, -0.05) is 30.3 Å². The zero-order valence-electron chi connectivity index (χ0n) is 12.0. The fourth-order valence-electron chi connectivity index (χ4n) is 2.17. The monoisotopic (exact) mass is 289 g/mol. The molecule has 22 heavy (non-hydrogen) atoms. The Bertz CT molecular complexity index is 806. The molecule has 2 aromatic carbocycles. The number of fused-ring (bicyclic) bond motifs is 1. The molecule has 1 N–H and O–H groups in total. The number of rotatable bonds is 5. The molecular formula is C18H15N3O. The van der Waals surface area contributed by atoms with Crippen molar-refractivity contribution in [2.75, 3.05) is 18.5 Å². The van der Waals surface area contributed by atoms with E-state index in [0.29, 0.717) is 18.7 Å². The van der Waals surface area contributed by atoms with Gasteiger partial charge in [-0.2, -0.15) is 5.26 Å². The number of hydrogen-bond acceptors (Lipinski definition) is 4. The molecule has 0 aliphatic heterocycles. The zero-order valence-corrected chi connectivity index (χ0v) is 12.0. The largest absolute Gasteiger partial charge is 0.492 e. The molecule has 1 heterocycles. The number of pyridine rings is 1. The molecule has 3 aromatic rings. The van der Waals surface area contributed by atoms with Crippen molar-refractivity contribution >= 4 is 16.6 Å². The summed E-state index contributed by atoms with van der Waals surface area (Å²) in [5.41, 5.74) is 0.554. The van der Waals surface area contributed by atoms with Gasteiger partial charge >= 0.3 is 0 Å². The van der Waals surface area contributed by atoms with Gasteiger partial charge < -0.3 is 10.1 Å². The lowest BCUT2D eigenvalue weighted by molar-refractivity contribution is 0.333. The third-order valence-electron chi connectivity index (χ3n) is 3.29. The van der Waals surface area contributed by atoms with Crippen molar-refractivity contribution in [1.82, 2.24) is 4.98 Å². The highest BCUT2D eigenvalue weighted by atomic mass is 16.5.